The van der Waals surface area contributed by atoms with Crippen LogP contribution in [0.15, 0.2) is 54.6 Å². The molecular weight excluding hydrogens is 410 g/mol. The highest BCUT2D eigenvalue weighted by molar-refractivity contribution is 5.98. The van der Waals surface area contributed by atoms with E-state index in [1.54, 1.807) is 24.1 Å². The smallest absolute Gasteiger partial charge is 0.410 e. The van der Waals surface area contributed by atoms with E-state index in [0.717, 1.165) is 5.56 Å². The lowest BCUT2D eigenvalue weighted by Gasteiger charge is -2.47. The molecule has 0 aromatic heterocycles. The molecule has 2 aromatic rings. The molecule has 0 saturated carbocycles. The van der Waals surface area contributed by atoms with Gasteiger partial charge in [-0.25, -0.2) is 4.79 Å². The maximum atomic E-state index is 13.2. The first-order valence-corrected chi connectivity index (χ1v) is 11.0. The van der Waals surface area contributed by atoms with Crippen molar-refractivity contribution in [2.24, 2.45) is 5.92 Å². The van der Waals surface area contributed by atoms with Gasteiger partial charge in [0.1, 0.15) is 19.0 Å². The summed E-state index contributed by atoms with van der Waals surface area (Å²) in [6, 6.07) is 16.5. The van der Waals surface area contributed by atoms with E-state index in [1.807, 2.05) is 42.5 Å². The van der Waals surface area contributed by atoms with Crippen LogP contribution in [0.25, 0.3) is 0 Å². The van der Waals surface area contributed by atoms with Crippen molar-refractivity contribution in [2.45, 2.75) is 31.5 Å². The summed E-state index contributed by atoms with van der Waals surface area (Å²) in [4.78, 5) is 27.8. The molecule has 7 nitrogen and oxygen atoms in total. The number of methoxy groups -OCH3 is 1. The highest BCUT2D eigenvalue weighted by Crippen LogP contribution is 2.34. The van der Waals surface area contributed by atoms with Gasteiger partial charge < -0.3 is 18.9 Å². The summed E-state index contributed by atoms with van der Waals surface area (Å²) in [5.41, 5.74) is 1.61. The van der Waals surface area contributed by atoms with E-state index in [-0.39, 0.29) is 36.5 Å². The highest BCUT2D eigenvalue weighted by atomic mass is 16.6. The third-order valence-electron chi connectivity index (χ3n) is 6.00. The Morgan fingerprint density at radius 2 is 1.66 bits per heavy atom. The Kier molecular flexibility index (Phi) is 7.39. The van der Waals surface area contributed by atoms with Gasteiger partial charge in [-0.2, -0.15) is 0 Å². The fraction of sp³-hybridized carbons (Fsp3) is 0.440. The number of morpholine rings is 1. The number of ether oxygens (including phenoxy) is 4. The Balaban J connectivity index is 1.36. The van der Waals surface area contributed by atoms with E-state index in [0.29, 0.717) is 50.6 Å². The van der Waals surface area contributed by atoms with Crippen LogP contribution in [0, 0.1) is 5.92 Å². The fourth-order valence-corrected chi connectivity index (χ4v) is 4.42. The van der Waals surface area contributed by atoms with E-state index in [1.165, 1.54) is 0 Å². The molecule has 2 unspecified atom stereocenters. The zero-order chi connectivity index (χ0) is 22.3. The summed E-state index contributed by atoms with van der Waals surface area (Å²) in [5.74, 6) is 0.662. The van der Waals surface area contributed by atoms with Crippen LogP contribution in [0.4, 0.5) is 4.79 Å². The average molecular weight is 440 g/mol. The monoisotopic (exact) mass is 439 g/mol. The third-order valence-corrected chi connectivity index (χ3v) is 6.00. The number of rotatable bonds is 8. The van der Waals surface area contributed by atoms with Crippen molar-refractivity contribution in [1.29, 1.82) is 0 Å². The Hall–Kier alpha value is -2.90. The molecule has 2 aliphatic rings. The summed E-state index contributed by atoms with van der Waals surface area (Å²) in [5, 5.41) is 0. The fourth-order valence-electron chi connectivity index (χ4n) is 4.42. The molecule has 0 N–H and O–H groups in total. The maximum Gasteiger partial charge on any atom is 0.410 e. The number of ketones is 1. The molecule has 2 aliphatic heterocycles. The van der Waals surface area contributed by atoms with Crippen molar-refractivity contribution >= 4 is 11.9 Å². The average Bonchev–Trinajstić information content (AvgIpc) is 2.82. The molecule has 170 valence electrons. The minimum Gasteiger partial charge on any atom is -0.491 e. The van der Waals surface area contributed by atoms with Crippen LogP contribution >= 0.6 is 0 Å². The largest absolute Gasteiger partial charge is 0.491 e. The summed E-state index contributed by atoms with van der Waals surface area (Å²) in [7, 11) is 1.62. The Bertz CT molecular complexity index is 886. The van der Waals surface area contributed by atoms with E-state index < -0.39 is 0 Å². The molecule has 2 atom stereocenters. The summed E-state index contributed by atoms with van der Waals surface area (Å²) >= 11 is 0. The lowest BCUT2D eigenvalue weighted by atomic mass is 9.81. The quantitative estimate of drug-likeness (QED) is 0.461. The molecule has 2 bridgehead atoms. The maximum absolute atomic E-state index is 13.2. The first-order valence-electron chi connectivity index (χ1n) is 11.0. The molecule has 7 heteroatoms. The molecule has 0 aliphatic carbocycles. The van der Waals surface area contributed by atoms with Gasteiger partial charge in [0.05, 0.1) is 31.9 Å². The lowest BCUT2D eigenvalue weighted by molar-refractivity contribution is -0.0755. The van der Waals surface area contributed by atoms with Crippen LogP contribution < -0.4 is 4.74 Å². The molecule has 0 radical (unpaired) electrons. The van der Waals surface area contributed by atoms with E-state index in [4.69, 9.17) is 18.9 Å². The number of benzene rings is 2. The van der Waals surface area contributed by atoms with E-state index in [2.05, 4.69) is 0 Å². The predicted octanol–water partition coefficient (Wildman–Crippen LogP) is 3.71. The number of hydrogen-bond donors (Lipinski definition) is 0. The number of fused-ring (bicyclic) bond motifs is 2. The Morgan fingerprint density at radius 1 is 0.969 bits per heavy atom. The number of Topliss-reactive ketones (excluding diaryl/α,β-unsaturated/α-hetero) is 1. The van der Waals surface area contributed by atoms with Gasteiger partial charge in [-0.15, -0.1) is 0 Å². The minimum atomic E-state index is -0.337. The van der Waals surface area contributed by atoms with Crippen LogP contribution in [0.5, 0.6) is 5.75 Å². The van der Waals surface area contributed by atoms with Crippen LogP contribution in [-0.4, -0.2) is 62.4 Å². The number of carbonyl (C=O) groups excluding carboxylic acids is 2. The van der Waals surface area contributed by atoms with Gasteiger partial charge in [0.2, 0.25) is 0 Å². The number of hydrogen-bond acceptors (Lipinski definition) is 6. The van der Waals surface area contributed by atoms with Crippen molar-refractivity contribution < 1.29 is 28.5 Å². The first kappa shape index (κ1) is 22.3. The number of piperidine rings is 1. The normalized spacial score (nSPS) is 22.3. The van der Waals surface area contributed by atoms with E-state index in [9.17, 15) is 9.59 Å². The number of nitrogens with zero attached hydrogens (tertiary/aromatic N) is 1. The summed E-state index contributed by atoms with van der Waals surface area (Å²) < 4.78 is 21.8. The van der Waals surface area contributed by atoms with Gasteiger partial charge >= 0.3 is 6.09 Å². The lowest BCUT2D eigenvalue weighted by Crippen LogP contribution is -2.59. The van der Waals surface area contributed by atoms with Gasteiger partial charge in [0.25, 0.3) is 0 Å². The zero-order valence-electron chi connectivity index (χ0n) is 18.3. The predicted molar refractivity (Wildman–Crippen MR) is 118 cm³/mol. The van der Waals surface area contributed by atoms with Crippen LogP contribution in [0.1, 0.15) is 28.8 Å². The second kappa shape index (κ2) is 10.6. The van der Waals surface area contributed by atoms with E-state index >= 15 is 0 Å². The van der Waals surface area contributed by atoms with Crippen molar-refractivity contribution in [3.8, 4) is 5.75 Å². The minimum absolute atomic E-state index is 0.0997. The number of carbonyl (C=O) groups is 2. The zero-order valence-corrected chi connectivity index (χ0v) is 18.3. The molecule has 32 heavy (non-hydrogen) atoms. The van der Waals surface area contributed by atoms with Gasteiger partial charge in [-0.1, -0.05) is 30.3 Å². The van der Waals surface area contributed by atoms with Gasteiger partial charge in [0, 0.05) is 18.6 Å². The summed E-state index contributed by atoms with van der Waals surface area (Å²) in [6.07, 6.45) is 0.805. The molecule has 2 fully saturated rings. The molecule has 4 rings (SSSR count). The SMILES string of the molecule is COCCOc1ccc(C(=O)C2CC3COCC(C2)N3C(=O)OCc2ccccc2)cc1. The van der Waals surface area contributed by atoms with Crippen LogP contribution in [-0.2, 0) is 20.8 Å². The molecule has 1 amide bonds. The second-order valence-corrected chi connectivity index (χ2v) is 8.19. The Labute approximate surface area is 188 Å². The van der Waals surface area contributed by atoms with Gasteiger partial charge in [-0.05, 0) is 42.7 Å². The van der Waals surface area contributed by atoms with Crippen molar-refractivity contribution in [3.05, 3.63) is 65.7 Å². The van der Waals surface area contributed by atoms with Gasteiger partial charge in [-0.3, -0.25) is 9.69 Å². The second-order valence-electron chi connectivity index (χ2n) is 8.19. The first-order chi connectivity index (χ1) is 15.7. The highest BCUT2D eigenvalue weighted by Gasteiger charge is 2.44. The molecular formula is C25H29NO6. The topological polar surface area (TPSA) is 74.3 Å². The standard InChI is InChI=1S/C25H29NO6/c1-29-11-12-31-23-9-7-19(8-10-23)24(27)20-13-21-16-30-17-22(14-20)26(21)25(28)32-15-18-5-3-2-4-6-18/h2-10,20-22H,11-17H2,1H3. The summed E-state index contributed by atoms with van der Waals surface area (Å²) in [6.45, 7) is 2.06. The van der Waals surface area contributed by atoms with Crippen molar-refractivity contribution in [3.63, 3.8) is 0 Å². The van der Waals surface area contributed by atoms with Crippen LogP contribution in [0.3, 0.4) is 0 Å². The van der Waals surface area contributed by atoms with Crippen molar-refractivity contribution in [2.75, 3.05) is 33.5 Å². The third kappa shape index (κ3) is 5.29. The molecule has 2 aromatic carbocycles. The Morgan fingerprint density at radius 3 is 2.31 bits per heavy atom. The number of amides is 1. The molecule has 2 heterocycles. The van der Waals surface area contributed by atoms with Crippen molar-refractivity contribution in [1.82, 2.24) is 4.90 Å². The molecule has 0 spiro atoms. The van der Waals surface area contributed by atoms with Gasteiger partial charge in [0.15, 0.2) is 5.78 Å². The molecule has 2 saturated heterocycles. The van der Waals surface area contributed by atoms with Crippen LogP contribution in [0.2, 0.25) is 0 Å².